The van der Waals surface area contributed by atoms with Gasteiger partial charge in [0.05, 0.1) is 12.5 Å². The normalized spacial score (nSPS) is 14.2. The van der Waals surface area contributed by atoms with Gasteiger partial charge in [0, 0.05) is 13.3 Å². The van der Waals surface area contributed by atoms with Crippen LogP contribution in [0.1, 0.15) is 13.3 Å². The van der Waals surface area contributed by atoms with E-state index in [0.717, 1.165) is 0 Å². The Morgan fingerprint density at radius 3 is 2.42 bits per heavy atom. The number of hydrogen-bond donors (Lipinski definition) is 1. The van der Waals surface area contributed by atoms with Crippen molar-refractivity contribution in [2.75, 3.05) is 19.9 Å². The van der Waals surface area contributed by atoms with E-state index in [1.165, 1.54) is 13.3 Å². The number of carboxylic acids is 1. The highest BCUT2D eigenvalue weighted by Gasteiger charge is 2.12. The van der Waals surface area contributed by atoms with Gasteiger partial charge in [-0.05, 0) is 6.42 Å². The van der Waals surface area contributed by atoms with E-state index in [4.69, 9.17) is 9.63 Å². The van der Waals surface area contributed by atoms with Gasteiger partial charge >= 0.3 is 5.97 Å². The molecular weight excluding hydrogens is 179 g/mol. The van der Waals surface area contributed by atoms with Gasteiger partial charge in [-0.25, -0.2) is 0 Å². The molecule has 1 N–H and O–H groups in total. The molecule has 0 fully saturated rings. The van der Waals surface area contributed by atoms with Crippen molar-refractivity contribution in [3.8, 4) is 0 Å². The lowest BCUT2D eigenvalue weighted by molar-refractivity contribution is -0.141. The van der Waals surface area contributed by atoms with Gasteiger partial charge in [0.1, 0.15) is 0 Å². The molecule has 0 aromatic carbocycles. The molecule has 72 valence electrons. The lowest BCUT2D eigenvalue weighted by atomic mass is 10.1. The van der Waals surface area contributed by atoms with Crippen LogP contribution in [0.5, 0.6) is 0 Å². The first-order valence-electron chi connectivity index (χ1n) is 3.75. The summed E-state index contributed by atoms with van der Waals surface area (Å²) in [5.74, 6) is -1.28. The molecule has 0 saturated heterocycles. The maximum atomic E-state index is 11.0. The van der Waals surface area contributed by atoms with E-state index in [0.29, 0.717) is 6.42 Å². The van der Waals surface area contributed by atoms with E-state index in [-0.39, 0.29) is 6.61 Å². The Balaban J connectivity index is 3.58. The van der Waals surface area contributed by atoms with Gasteiger partial charge < -0.3 is 9.63 Å². The van der Waals surface area contributed by atoms with Crippen molar-refractivity contribution in [1.29, 1.82) is 0 Å². The third-order valence-corrected chi connectivity index (χ3v) is 2.18. The van der Waals surface area contributed by atoms with Crippen LogP contribution in [0.15, 0.2) is 0 Å². The SMILES string of the molecule is C[C@@H](CCOP(C)(C)=O)C(=O)O. The van der Waals surface area contributed by atoms with E-state index in [9.17, 15) is 9.36 Å². The second-order valence-corrected chi connectivity index (χ2v) is 5.88. The minimum atomic E-state index is -2.45. The molecule has 0 aliphatic rings. The van der Waals surface area contributed by atoms with Crippen LogP contribution < -0.4 is 0 Å². The molecule has 0 amide bonds. The Morgan fingerprint density at radius 2 is 2.08 bits per heavy atom. The monoisotopic (exact) mass is 194 g/mol. The predicted octanol–water partition coefficient (Wildman–Crippen LogP) is 1.65. The Labute approximate surface area is 72.4 Å². The Morgan fingerprint density at radius 1 is 1.58 bits per heavy atom. The maximum Gasteiger partial charge on any atom is 0.306 e. The van der Waals surface area contributed by atoms with Crippen LogP contribution in [-0.2, 0) is 13.9 Å². The first-order chi connectivity index (χ1) is 5.33. The van der Waals surface area contributed by atoms with E-state index in [1.54, 1.807) is 6.92 Å². The van der Waals surface area contributed by atoms with Gasteiger partial charge in [-0.3, -0.25) is 9.36 Å². The van der Waals surface area contributed by atoms with E-state index < -0.39 is 19.3 Å². The van der Waals surface area contributed by atoms with Crippen LogP contribution in [0.2, 0.25) is 0 Å². The summed E-state index contributed by atoms with van der Waals surface area (Å²) in [4.78, 5) is 10.3. The van der Waals surface area contributed by atoms with Crippen molar-refractivity contribution in [3.63, 3.8) is 0 Å². The zero-order valence-corrected chi connectivity index (χ0v) is 8.51. The fourth-order valence-electron chi connectivity index (χ4n) is 0.573. The van der Waals surface area contributed by atoms with Gasteiger partial charge in [0.2, 0.25) is 0 Å². The summed E-state index contributed by atoms with van der Waals surface area (Å²) in [6.45, 7) is 4.87. The van der Waals surface area contributed by atoms with Crippen molar-refractivity contribution in [2.45, 2.75) is 13.3 Å². The average molecular weight is 194 g/mol. The fraction of sp³-hybridized carbons (Fsp3) is 0.857. The summed E-state index contributed by atoms with van der Waals surface area (Å²) >= 11 is 0. The largest absolute Gasteiger partial charge is 0.481 e. The smallest absolute Gasteiger partial charge is 0.306 e. The summed E-state index contributed by atoms with van der Waals surface area (Å²) in [5.41, 5.74) is 0. The summed E-state index contributed by atoms with van der Waals surface area (Å²) in [5, 5.41) is 8.49. The van der Waals surface area contributed by atoms with Crippen molar-refractivity contribution >= 4 is 13.3 Å². The van der Waals surface area contributed by atoms with Crippen molar-refractivity contribution in [3.05, 3.63) is 0 Å². The number of carboxylic acid groups (broad SMARTS) is 1. The molecule has 0 aliphatic heterocycles. The summed E-state index contributed by atoms with van der Waals surface area (Å²) in [6.07, 6.45) is 0.404. The highest BCUT2D eigenvalue weighted by molar-refractivity contribution is 7.57. The van der Waals surface area contributed by atoms with Gasteiger partial charge in [-0.2, -0.15) is 0 Å². The van der Waals surface area contributed by atoms with Crippen LogP contribution in [-0.4, -0.2) is 31.0 Å². The third kappa shape index (κ3) is 6.38. The zero-order chi connectivity index (χ0) is 9.78. The maximum absolute atomic E-state index is 11.0. The third-order valence-electron chi connectivity index (χ3n) is 1.37. The number of hydrogen-bond acceptors (Lipinski definition) is 3. The molecule has 5 heteroatoms. The summed E-state index contributed by atoms with van der Waals surface area (Å²) < 4.78 is 15.9. The highest BCUT2D eigenvalue weighted by Crippen LogP contribution is 2.37. The minimum absolute atomic E-state index is 0.248. The molecule has 0 saturated carbocycles. The Bertz CT molecular complexity index is 196. The molecule has 0 aliphatic carbocycles. The molecule has 4 nitrogen and oxygen atoms in total. The van der Waals surface area contributed by atoms with Crippen LogP contribution in [0.4, 0.5) is 0 Å². The van der Waals surface area contributed by atoms with Gasteiger partial charge in [-0.1, -0.05) is 6.92 Å². The molecule has 0 aromatic rings. The molecule has 0 rings (SSSR count). The number of rotatable bonds is 5. The molecule has 0 unspecified atom stereocenters. The molecule has 0 radical (unpaired) electrons. The highest BCUT2D eigenvalue weighted by atomic mass is 31.2. The molecule has 0 bridgehead atoms. The van der Waals surface area contributed by atoms with Crippen molar-refractivity contribution < 1.29 is 19.0 Å². The van der Waals surface area contributed by atoms with Crippen LogP contribution in [0, 0.1) is 5.92 Å². The molecule has 0 aromatic heterocycles. The van der Waals surface area contributed by atoms with Crippen molar-refractivity contribution in [2.24, 2.45) is 5.92 Å². The zero-order valence-electron chi connectivity index (χ0n) is 7.61. The fourth-order valence-corrected chi connectivity index (χ4v) is 1.12. The minimum Gasteiger partial charge on any atom is -0.481 e. The Kier molecular flexibility index (Phi) is 4.50. The van der Waals surface area contributed by atoms with Gasteiger partial charge in [0.25, 0.3) is 0 Å². The summed E-state index contributed by atoms with van der Waals surface area (Å²) in [6, 6.07) is 0. The number of carbonyl (C=O) groups is 1. The second-order valence-electron chi connectivity index (χ2n) is 3.11. The van der Waals surface area contributed by atoms with Crippen LogP contribution in [0.25, 0.3) is 0 Å². The first-order valence-corrected chi connectivity index (χ1v) is 6.27. The van der Waals surface area contributed by atoms with E-state index in [1.807, 2.05) is 0 Å². The van der Waals surface area contributed by atoms with Crippen LogP contribution >= 0.6 is 7.37 Å². The lowest BCUT2D eigenvalue weighted by Gasteiger charge is -2.09. The van der Waals surface area contributed by atoms with Gasteiger partial charge in [-0.15, -0.1) is 0 Å². The molecule has 0 heterocycles. The standard InChI is InChI=1S/C7H15O4P/c1-6(7(8)9)4-5-11-12(2,3)10/h6H,4-5H2,1-3H3,(H,8,9)/t6-/m0/s1. The topological polar surface area (TPSA) is 63.6 Å². The second kappa shape index (κ2) is 4.63. The number of aliphatic carboxylic acids is 1. The lowest BCUT2D eigenvalue weighted by Crippen LogP contribution is -2.11. The van der Waals surface area contributed by atoms with E-state index in [2.05, 4.69) is 0 Å². The molecule has 1 atom stereocenters. The predicted molar refractivity (Wildman–Crippen MR) is 46.8 cm³/mol. The molecule has 0 spiro atoms. The molecule has 12 heavy (non-hydrogen) atoms. The van der Waals surface area contributed by atoms with Crippen molar-refractivity contribution in [1.82, 2.24) is 0 Å². The van der Waals surface area contributed by atoms with E-state index >= 15 is 0 Å². The first kappa shape index (κ1) is 11.7. The van der Waals surface area contributed by atoms with Crippen LogP contribution in [0.3, 0.4) is 0 Å². The molecular formula is C7H15O4P. The average Bonchev–Trinajstić information content (AvgIpc) is 1.84. The quantitative estimate of drug-likeness (QED) is 0.676. The van der Waals surface area contributed by atoms with Gasteiger partial charge in [0.15, 0.2) is 7.37 Å². The Hall–Kier alpha value is -0.340. The summed E-state index contributed by atoms with van der Waals surface area (Å²) in [7, 11) is -2.45.